The van der Waals surface area contributed by atoms with Gasteiger partial charge in [-0.25, -0.2) is 4.98 Å². The van der Waals surface area contributed by atoms with E-state index in [1.165, 1.54) is 5.01 Å². The highest BCUT2D eigenvalue weighted by atomic mass is 32.1. The molecule has 0 aliphatic heterocycles. The highest BCUT2D eigenvalue weighted by Crippen LogP contribution is 2.23. The van der Waals surface area contributed by atoms with Gasteiger partial charge in [0, 0.05) is 29.6 Å². The van der Waals surface area contributed by atoms with Crippen LogP contribution in [0.3, 0.4) is 0 Å². The summed E-state index contributed by atoms with van der Waals surface area (Å²) >= 11 is 1.72. The van der Waals surface area contributed by atoms with Gasteiger partial charge in [-0.05, 0) is 45.4 Å². The van der Waals surface area contributed by atoms with E-state index in [-0.39, 0.29) is 17.9 Å². The molecule has 0 radical (unpaired) electrons. The van der Waals surface area contributed by atoms with Gasteiger partial charge >= 0.3 is 0 Å². The second kappa shape index (κ2) is 7.74. The summed E-state index contributed by atoms with van der Waals surface area (Å²) in [7, 11) is 0. The normalized spacial score (nSPS) is 22.7. The number of nitrogens with two attached hydrogens (primary N) is 1. The Labute approximate surface area is 125 Å². The smallest absolute Gasteiger partial charge is 0.223 e. The van der Waals surface area contributed by atoms with Crippen LogP contribution < -0.4 is 11.1 Å². The Kier molecular flexibility index (Phi) is 5.98. The summed E-state index contributed by atoms with van der Waals surface area (Å²) in [5.41, 5.74) is 7.02. The fourth-order valence-electron chi connectivity index (χ4n) is 2.74. The van der Waals surface area contributed by atoms with Crippen LogP contribution in [0.4, 0.5) is 0 Å². The molecule has 1 aromatic heterocycles. The number of thiazole rings is 1. The molecule has 20 heavy (non-hydrogen) atoms. The van der Waals surface area contributed by atoms with Crippen molar-refractivity contribution in [1.82, 2.24) is 10.3 Å². The molecule has 0 bridgehead atoms. The molecular weight excluding hydrogens is 270 g/mol. The summed E-state index contributed by atoms with van der Waals surface area (Å²) in [5.74, 6) is 0.339. The molecule has 1 aliphatic carbocycles. The Balaban J connectivity index is 1.57. The van der Waals surface area contributed by atoms with Gasteiger partial charge in [0.15, 0.2) is 0 Å². The Morgan fingerprint density at radius 2 is 2.35 bits per heavy atom. The molecule has 5 heteroatoms. The van der Waals surface area contributed by atoms with Crippen LogP contribution >= 0.6 is 11.3 Å². The van der Waals surface area contributed by atoms with Crippen LogP contribution in [0.5, 0.6) is 0 Å². The van der Waals surface area contributed by atoms with Crippen LogP contribution in [0.2, 0.25) is 0 Å². The molecule has 3 N–H and O–H groups in total. The van der Waals surface area contributed by atoms with Crippen molar-refractivity contribution in [2.45, 2.75) is 57.9 Å². The molecule has 0 saturated heterocycles. The molecule has 0 aromatic carbocycles. The highest BCUT2D eigenvalue weighted by Gasteiger charge is 2.24. The van der Waals surface area contributed by atoms with E-state index in [4.69, 9.17) is 5.73 Å². The van der Waals surface area contributed by atoms with Crippen LogP contribution in [-0.2, 0) is 11.2 Å². The number of carbonyl (C=O) groups excluding carboxylic acids is 1. The molecule has 1 amide bonds. The maximum absolute atomic E-state index is 12.0. The first-order valence-electron chi connectivity index (χ1n) is 7.59. The van der Waals surface area contributed by atoms with Crippen molar-refractivity contribution < 1.29 is 4.79 Å². The largest absolute Gasteiger partial charge is 0.356 e. The van der Waals surface area contributed by atoms with E-state index in [1.54, 1.807) is 11.3 Å². The lowest BCUT2D eigenvalue weighted by atomic mass is 9.85. The zero-order valence-electron chi connectivity index (χ0n) is 12.2. The number of amides is 1. The molecule has 1 heterocycles. The average Bonchev–Trinajstić information content (AvgIpc) is 2.84. The van der Waals surface area contributed by atoms with Gasteiger partial charge in [-0.3, -0.25) is 4.79 Å². The van der Waals surface area contributed by atoms with E-state index in [1.807, 2.05) is 6.92 Å². The van der Waals surface area contributed by atoms with E-state index < -0.39 is 0 Å². The molecule has 1 fully saturated rings. The Morgan fingerprint density at radius 1 is 1.50 bits per heavy atom. The SMILES string of the molecule is Cc1csc(CCCCNC(=O)C2CCCC(N)C2)n1. The zero-order valence-corrected chi connectivity index (χ0v) is 13.0. The second-order valence-electron chi connectivity index (χ2n) is 5.75. The summed E-state index contributed by atoms with van der Waals surface area (Å²) in [6.07, 6.45) is 7.12. The van der Waals surface area contributed by atoms with Gasteiger partial charge in [-0.15, -0.1) is 11.3 Å². The van der Waals surface area contributed by atoms with Crippen LogP contribution in [0.15, 0.2) is 5.38 Å². The Bertz CT molecular complexity index is 433. The number of aromatic nitrogens is 1. The van der Waals surface area contributed by atoms with E-state index in [2.05, 4.69) is 15.7 Å². The Morgan fingerprint density at radius 3 is 3.05 bits per heavy atom. The molecule has 4 nitrogen and oxygen atoms in total. The lowest BCUT2D eigenvalue weighted by Crippen LogP contribution is -2.38. The standard InChI is InChI=1S/C15H25N3OS/c1-11-10-20-14(18-11)7-2-3-8-17-15(19)12-5-4-6-13(16)9-12/h10,12-13H,2-9,16H2,1H3,(H,17,19). The number of rotatable bonds is 6. The number of unbranched alkanes of at least 4 members (excludes halogenated alkanes) is 1. The van der Waals surface area contributed by atoms with Crippen molar-refractivity contribution in [1.29, 1.82) is 0 Å². The van der Waals surface area contributed by atoms with Crippen molar-refractivity contribution in [2.24, 2.45) is 11.7 Å². The predicted octanol–water partition coefficient (Wildman–Crippen LogP) is 2.41. The summed E-state index contributed by atoms with van der Waals surface area (Å²) in [6, 6.07) is 0.215. The first kappa shape index (κ1) is 15.4. The molecule has 1 aromatic rings. The topological polar surface area (TPSA) is 68.0 Å². The first-order chi connectivity index (χ1) is 9.65. The van der Waals surface area contributed by atoms with Gasteiger partial charge in [-0.2, -0.15) is 0 Å². The molecule has 0 spiro atoms. The van der Waals surface area contributed by atoms with Crippen LogP contribution in [0.25, 0.3) is 0 Å². The van der Waals surface area contributed by atoms with Crippen LogP contribution in [0.1, 0.15) is 49.2 Å². The summed E-state index contributed by atoms with van der Waals surface area (Å²) in [4.78, 5) is 16.4. The molecule has 112 valence electrons. The molecule has 1 saturated carbocycles. The molecular formula is C15H25N3OS. The quantitative estimate of drug-likeness (QED) is 0.792. The number of aryl methyl sites for hydroxylation is 2. The average molecular weight is 295 g/mol. The van der Waals surface area contributed by atoms with Crippen molar-refractivity contribution >= 4 is 17.2 Å². The van der Waals surface area contributed by atoms with Gasteiger partial charge in [-0.1, -0.05) is 6.42 Å². The maximum atomic E-state index is 12.0. The lowest BCUT2D eigenvalue weighted by molar-refractivity contribution is -0.126. The predicted molar refractivity (Wildman–Crippen MR) is 82.7 cm³/mol. The van der Waals surface area contributed by atoms with Gasteiger partial charge < -0.3 is 11.1 Å². The number of carbonyl (C=O) groups is 1. The fraction of sp³-hybridized carbons (Fsp3) is 0.733. The molecule has 2 atom stereocenters. The van der Waals surface area contributed by atoms with Crippen molar-refractivity contribution in [3.63, 3.8) is 0 Å². The third kappa shape index (κ3) is 4.87. The van der Waals surface area contributed by atoms with Crippen molar-refractivity contribution in [3.05, 3.63) is 16.1 Å². The Hall–Kier alpha value is -0.940. The number of nitrogens with one attached hydrogen (secondary N) is 1. The van der Waals surface area contributed by atoms with E-state index >= 15 is 0 Å². The lowest BCUT2D eigenvalue weighted by Gasteiger charge is -2.25. The molecule has 2 unspecified atom stereocenters. The first-order valence-corrected chi connectivity index (χ1v) is 8.47. The molecule has 2 rings (SSSR count). The van der Waals surface area contributed by atoms with Gasteiger partial charge in [0.2, 0.25) is 5.91 Å². The minimum atomic E-state index is 0.139. The number of nitrogens with zero attached hydrogens (tertiary/aromatic N) is 1. The highest BCUT2D eigenvalue weighted by molar-refractivity contribution is 7.09. The monoisotopic (exact) mass is 295 g/mol. The summed E-state index contributed by atoms with van der Waals surface area (Å²) < 4.78 is 0. The fourth-order valence-corrected chi connectivity index (χ4v) is 3.56. The third-order valence-electron chi connectivity index (χ3n) is 3.87. The maximum Gasteiger partial charge on any atom is 0.223 e. The minimum absolute atomic E-state index is 0.139. The number of hydrogen-bond donors (Lipinski definition) is 2. The van der Waals surface area contributed by atoms with Crippen molar-refractivity contribution in [2.75, 3.05) is 6.54 Å². The van der Waals surface area contributed by atoms with Crippen molar-refractivity contribution in [3.8, 4) is 0 Å². The minimum Gasteiger partial charge on any atom is -0.356 e. The van der Waals surface area contributed by atoms with Gasteiger partial charge in [0.1, 0.15) is 0 Å². The van der Waals surface area contributed by atoms with Gasteiger partial charge in [0.05, 0.1) is 5.01 Å². The van der Waals surface area contributed by atoms with E-state index in [0.717, 1.165) is 57.2 Å². The number of hydrogen-bond acceptors (Lipinski definition) is 4. The van der Waals surface area contributed by atoms with Gasteiger partial charge in [0.25, 0.3) is 0 Å². The summed E-state index contributed by atoms with van der Waals surface area (Å²) in [6.45, 7) is 2.80. The second-order valence-corrected chi connectivity index (χ2v) is 6.70. The van der Waals surface area contributed by atoms with Crippen LogP contribution in [0, 0.1) is 12.8 Å². The zero-order chi connectivity index (χ0) is 14.4. The van der Waals surface area contributed by atoms with E-state index in [0.29, 0.717) is 0 Å². The third-order valence-corrected chi connectivity index (χ3v) is 4.90. The molecule has 1 aliphatic rings. The van der Waals surface area contributed by atoms with Crippen LogP contribution in [-0.4, -0.2) is 23.5 Å². The summed E-state index contributed by atoms with van der Waals surface area (Å²) in [5, 5.41) is 6.34. The van der Waals surface area contributed by atoms with E-state index in [9.17, 15) is 4.79 Å².